The van der Waals surface area contributed by atoms with Crippen LogP contribution < -0.4 is 5.32 Å². The zero-order valence-electron chi connectivity index (χ0n) is 13.6. The van der Waals surface area contributed by atoms with Gasteiger partial charge >= 0.3 is 0 Å². The molecule has 2 atom stereocenters. The number of allylic oxidation sites excluding steroid dienone is 1. The molecule has 2 aliphatic heterocycles. The summed E-state index contributed by atoms with van der Waals surface area (Å²) >= 11 is 0. The Morgan fingerprint density at radius 3 is 3.05 bits per heavy atom. The molecule has 5 nitrogen and oxygen atoms in total. The Kier molecular flexibility index (Phi) is 4.26. The van der Waals surface area contributed by atoms with E-state index in [2.05, 4.69) is 25.2 Å². The number of fused-ring (bicyclic) bond motifs is 1. The van der Waals surface area contributed by atoms with Crippen molar-refractivity contribution in [1.29, 1.82) is 0 Å². The number of hydrogen-bond donors (Lipinski definition) is 1. The summed E-state index contributed by atoms with van der Waals surface area (Å²) in [6.45, 7) is 6.12. The van der Waals surface area contributed by atoms with Gasteiger partial charge in [-0.15, -0.1) is 0 Å². The third-order valence-electron chi connectivity index (χ3n) is 4.99. The fourth-order valence-electron chi connectivity index (χ4n) is 3.82. The lowest BCUT2D eigenvalue weighted by molar-refractivity contribution is -0.145. The van der Waals surface area contributed by atoms with Gasteiger partial charge in [-0.05, 0) is 37.5 Å². The van der Waals surface area contributed by atoms with Crippen molar-refractivity contribution in [2.24, 2.45) is 5.41 Å². The molecule has 2 heterocycles. The molecule has 2 amide bonds. The number of nitrogens with zero attached hydrogens (tertiary/aromatic N) is 1. The summed E-state index contributed by atoms with van der Waals surface area (Å²) in [4.78, 5) is 27.1. The molecular weight excluding hydrogens is 280 g/mol. The predicted octanol–water partition coefficient (Wildman–Crippen LogP) is 1.63. The van der Waals surface area contributed by atoms with Crippen molar-refractivity contribution in [3.05, 3.63) is 11.6 Å². The van der Waals surface area contributed by atoms with E-state index in [0.717, 1.165) is 37.7 Å². The molecule has 0 aromatic heterocycles. The Balaban J connectivity index is 1.81. The molecule has 3 rings (SSSR count). The summed E-state index contributed by atoms with van der Waals surface area (Å²) in [5, 5.41) is 2.87. The van der Waals surface area contributed by atoms with Crippen molar-refractivity contribution >= 4 is 11.8 Å². The minimum absolute atomic E-state index is 0.0307. The third-order valence-corrected chi connectivity index (χ3v) is 4.99. The van der Waals surface area contributed by atoms with E-state index in [1.54, 1.807) is 4.90 Å². The predicted molar refractivity (Wildman–Crippen MR) is 83.2 cm³/mol. The van der Waals surface area contributed by atoms with Crippen molar-refractivity contribution in [2.45, 2.75) is 58.1 Å². The molecule has 22 heavy (non-hydrogen) atoms. The van der Waals surface area contributed by atoms with E-state index >= 15 is 0 Å². The molecular formula is C17H26N2O3. The van der Waals surface area contributed by atoms with Gasteiger partial charge in [-0.1, -0.05) is 19.9 Å². The monoisotopic (exact) mass is 306 g/mol. The SMILES string of the molecule is CC1(C)CCC=C(C(=O)N2CCCC3OCCNC(=O)C32)C1. The van der Waals surface area contributed by atoms with Crippen LogP contribution in [0.4, 0.5) is 0 Å². The third kappa shape index (κ3) is 3.05. The number of ether oxygens (including phenoxy) is 1. The average Bonchev–Trinajstić information content (AvgIpc) is 2.67. The van der Waals surface area contributed by atoms with Crippen molar-refractivity contribution in [3.63, 3.8) is 0 Å². The number of carbonyl (C=O) groups excluding carboxylic acids is 2. The number of hydrogen-bond acceptors (Lipinski definition) is 3. The number of rotatable bonds is 1. The number of carbonyl (C=O) groups is 2. The van der Waals surface area contributed by atoms with Gasteiger partial charge in [0.15, 0.2) is 0 Å². The van der Waals surface area contributed by atoms with Crippen LogP contribution in [0.1, 0.15) is 46.0 Å². The molecule has 122 valence electrons. The van der Waals surface area contributed by atoms with Crippen LogP contribution in [-0.4, -0.2) is 48.6 Å². The first-order chi connectivity index (χ1) is 10.5. The van der Waals surface area contributed by atoms with E-state index in [1.165, 1.54) is 0 Å². The largest absolute Gasteiger partial charge is 0.374 e. The van der Waals surface area contributed by atoms with Gasteiger partial charge in [-0.25, -0.2) is 0 Å². The highest BCUT2D eigenvalue weighted by Gasteiger charge is 2.42. The molecule has 0 bridgehead atoms. The summed E-state index contributed by atoms with van der Waals surface area (Å²) in [5.41, 5.74) is 1.03. The fraction of sp³-hybridized carbons (Fsp3) is 0.765. The minimum Gasteiger partial charge on any atom is -0.374 e. The normalized spacial score (nSPS) is 31.6. The van der Waals surface area contributed by atoms with Crippen LogP contribution in [-0.2, 0) is 14.3 Å². The second kappa shape index (κ2) is 6.03. The quantitative estimate of drug-likeness (QED) is 0.801. The van der Waals surface area contributed by atoms with Crippen molar-refractivity contribution in [2.75, 3.05) is 19.7 Å². The first kappa shape index (κ1) is 15.5. The van der Waals surface area contributed by atoms with Gasteiger partial charge < -0.3 is 15.0 Å². The Morgan fingerprint density at radius 2 is 2.27 bits per heavy atom. The standard InChI is InChI=1S/C17H26N2O3/c1-17(2)7-3-5-12(11-17)16(21)19-9-4-6-13-14(19)15(20)18-8-10-22-13/h5,13-14H,3-4,6-11H2,1-2H3,(H,18,20). The number of piperidine rings is 1. The van der Waals surface area contributed by atoms with E-state index in [1.807, 2.05) is 0 Å². The van der Waals surface area contributed by atoms with Gasteiger partial charge in [0.25, 0.3) is 0 Å². The van der Waals surface area contributed by atoms with Crippen molar-refractivity contribution in [1.82, 2.24) is 10.2 Å². The van der Waals surface area contributed by atoms with Gasteiger partial charge in [-0.2, -0.15) is 0 Å². The molecule has 1 N–H and O–H groups in total. The zero-order valence-corrected chi connectivity index (χ0v) is 13.6. The van der Waals surface area contributed by atoms with E-state index < -0.39 is 6.04 Å². The summed E-state index contributed by atoms with van der Waals surface area (Å²) in [5.74, 6) is -0.0330. The molecule has 0 saturated carbocycles. The Bertz CT molecular complexity index is 498. The second-order valence-electron chi connectivity index (χ2n) is 7.39. The number of nitrogens with one attached hydrogen (secondary N) is 1. The van der Waals surface area contributed by atoms with Gasteiger partial charge in [0, 0.05) is 18.7 Å². The highest BCUT2D eigenvalue weighted by Crippen LogP contribution is 2.36. The minimum atomic E-state index is -0.463. The Hall–Kier alpha value is -1.36. The molecule has 0 aromatic rings. The first-order valence-electron chi connectivity index (χ1n) is 8.37. The van der Waals surface area contributed by atoms with E-state index in [4.69, 9.17) is 4.74 Å². The van der Waals surface area contributed by atoms with Gasteiger partial charge in [0.1, 0.15) is 6.04 Å². The lowest BCUT2D eigenvalue weighted by atomic mass is 9.77. The molecule has 2 saturated heterocycles. The summed E-state index contributed by atoms with van der Waals surface area (Å²) in [6.07, 6.45) is 6.51. The Morgan fingerprint density at radius 1 is 1.45 bits per heavy atom. The zero-order chi connectivity index (χ0) is 15.7. The van der Waals surface area contributed by atoms with E-state index in [9.17, 15) is 9.59 Å². The van der Waals surface area contributed by atoms with Crippen LogP contribution in [0.3, 0.4) is 0 Å². The number of amides is 2. The second-order valence-corrected chi connectivity index (χ2v) is 7.39. The Labute approximate surface area is 132 Å². The molecule has 1 aliphatic carbocycles. The average molecular weight is 306 g/mol. The maximum absolute atomic E-state index is 13.0. The van der Waals surface area contributed by atoms with Gasteiger partial charge in [-0.3, -0.25) is 9.59 Å². The van der Waals surface area contributed by atoms with Crippen LogP contribution >= 0.6 is 0 Å². The highest BCUT2D eigenvalue weighted by atomic mass is 16.5. The molecule has 0 radical (unpaired) electrons. The van der Waals surface area contributed by atoms with Crippen LogP contribution in [0, 0.1) is 5.41 Å². The smallest absolute Gasteiger partial charge is 0.250 e. The molecule has 2 fully saturated rings. The lowest BCUT2D eigenvalue weighted by Crippen LogP contribution is -2.57. The maximum Gasteiger partial charge on any atom is 0.250 e. The topological polar surface area (TPSA) is 58.6 Å². The maximum atomic E-state index is 13.0. The highest BCUT2D eigenvalue weighted by molar-refractivity contribution is 5.97. The number of likely N-dealkylation sites (tertiary alicyclic amines) is 1. The molecule has 2 unspecified atom stereocenters. The van der Waals surface area contributed by atoms with Gasteiger partial charge in [0.2, 0.25) is 11.8 Å². The first-order valence-corrected chi connectivity index (χ1v) is 8.37. The van der Waals surface area contributed by atoms with Gasteiger partial charge in [0.05, 0.1) is 12.7 Å². The van der Waals surface area contributed by atoms with Crippen molar-refractivity contribution < 1.29 is 14.3 Å². The van der Waals surface area contributed by atoms with E-state index in [-0.39, 0.29) is 23.3 Å². The molecule has 0 spiro atoms. The summed E-state index contributed by atoms with van der Waals surface area (Å²) < 4.78 is 5.79. The molecule has 5 heteroatoms. The fourth-order valence-corrected chi connectivity index (χ4v) is 3.82. The lowest BCUT2D eigenvalue weighted by Gasteiger charge is -2.40. The summed E-state index contributed by atoms with van der Waals surface area (Å²) in [6, 6.07) is -0.463. The van der Waals surface area contributed by atoms with Crippen LogP contribution in [0.2, 0.25) is 0 Å². The molecule has 3 aliphatic rings. The van der Waals surface area contributed by atoms with Crippen LogP contribution in [0.5, 0.6) is 0 Å². The van der Waals surface area contributed by atoms with E-state index in [0.29, 0.717) is 19.7 Å². The molecule has 0 aromatic carbocycles. The van der Waals surface area contributed by atoms with Crippen LogP contribution in [0.15, 0.2) is 11.6 Å². The van der Waals surface area contributed by atoms with Crippen LogP contribution in [0.25, 0.3) is 0 Å². The summed E-state index contributed by atoms with van der Waals surface area (Å²) in [7, 11) is 0. The van der Waals surface area contributed by atoms with Crippen molar-refractivity contribution in [3.8, 4) is 0 Å².